The van der Waals surface area contributed by atoms with Gasteiger partial charge in [-0.05, 0) is 56.9 Å². The monoisotopic (exact) mass is 445 g/mol. The van der Waals surface area contributed by atoms with Gasteiger partial charge in [-0.25, -0.2) is 9.59 Å². The van der Waals surface area contributed by atoms with Crippen LogP contribution in [0.3, 0.4) is 0 Å². The van der Waals surface area contributed by atoms with Crippen LogP contribution in [-0.2, 0) is 23.9 Å². The maximum Gasteiger partial charge on any atom is 0.342 e. The SMILES string of the molecule is CSCCC(C(=O)OCC(=O)C1=C(C)C(C)(C)OC1=O)N1C(=O)c2ccccc2C1=O. The molecule has 2 heterocycles. The largest absolute Gasteiger partial charge is 0.456 e. The quantitative estimate of drug-likeness (QED) is 0.340. The first-order chi connectivity index (χ1) is 14.6. The molecule has 3 rings (SSSR count). The molecule has 2 aliphatic rings. The van der Waals surface area contributed by atoms with Gasteiger partial charge in [0.1, 0.15) is 17.2 Å². The number of nitrogens with zero attached hydrogens (tertiary/aromatic N) is 1. The van der Waals surface area contributed by atoms with E-state index in [9.17, 15) is 24.0 Å². The molecule has 0 bridgehead atoms. The molecule has 0 fully saturated rings. The second kappa shape index (κ2) is 8.66. The smallest absolute Gasteiger partial charge is 0.342 e. The summed E-state index contributed by atoms with van der Waals surface area (Å²) in [7, 11) is 0. The zero-order valence-corrected chi connectivity index (χ0v) is 18.5. The highest BCUT2D eigenvalue weighted by molar-refractivity contribution is 7.98. The van der Waals surface area contributed by atoms with Gasteiger partial charge in [-0.15, -0.1) is 0 Å². The Balaban J connectivity index is 1.77. The van der Waals surface area contributed by atoms with Gasteiger partial charge >= 0.3 is 11.9 Å². The van der Waals surface area contributed by atoms with E-state index in [1.54, 1.807) is 32.9 Å². The number of ether oxygens (including phenoxy) is 2. The lowest BCUT2D eigenvalue weighted by Crippen LogP contribution is -2.46. The van der Waals surface area contributed by atoms with Crippen LogP contribution in [-0.4, -0.2) is 64.7 Å². The first-order valence-corrected chi connectivity index (χ1v) is 11.1. The van der Waals surface area contributed by atoms with Gasteiger partial charge in [0.15, 0.2) is 6.61 Å². The summed E-state index contributed by atoms with van der Waals surface area (Å²) in [5.41, 5.74) is -0.144. The van der Waals surface area contributed by atoms with Crippen LogP contribution < -0.4 is 0 Å². The van der Waals surface area contributed by atoms with E-state index in [2.05, 4.69) is 0 Å². The summed E-state index contributed by atoms with van der Waals surface area (Å²) in [6.07, 6.45) is 2.01. The van der Waals surface area contributed by atoms with E-state index in [-0.39, 0.29) is 23.1 Å². The zero-order chi connectivity index (χ0) is 22.9. The van der Waals surface area contributed by atoms with Crippen LogP contribution in [0.1, 0.15) is 47.9 Å². The van der Waals surface area contributed by atoms with Crippen molar-refractivity contribution in [2.75, 3.05) is 18.6 Å². The Morgan fingerprint density at radius 3 is 2.19 bits per heavy atom. The number of imide groups is 1. The Bertz CT molecular complexity index is 976. The Hall–Kier alpha value is -2.94. The molecule has 9 heteroatoms. The highest BCUT2D eigenvalue weighted by atomic mass is 32.2. The zero-order valence-electron chi connectivity index (χ0n) is 17.7. The fourth-order valence-corrected chi connectivity index (χ4v) is 3.97. The number of carbonyl (C=O) groups excluding carboxylic acids is 5. The minimum atomic E-state index is -1.17. The summed E-state index contributed by atoms with van der Waals surface area (Å²) < 4.78 is 10.3. The molecule has 0 N–H and O–H groups in total. The van der Waals surface area contributed by atoms with Crippen molar-refractivity contribution in [3.8, 4) is 0 Å². The maximum atomic E-state index is 12.8. The first-order valence-electron chi connectivity index (χ1n) is 9.70. The molecule has 2 amide bonds. The third-order valence-corrected chi connectivity index (χ3v) is 6.10. The molecule has 31 heavy (non-hydrogen) atoms. The summed E-state index contributed by atoms with van der Waals surface area (Å²) in [6.45, 7) is 4.25. The third kappa shape index (κ3) is 4.14. The van der Waals surface area contributed by atoms with E-state index in [0.29, 0.717) is 11.3 Å². The Morgan fingerprint density at radius 2 is 1.71 bits per heavy atom. The van der Waals surface area contributed by atoms with Gasteiger partial charge in [-0.3, -0.25) is 19.3 Å². The van der Waals surface area contributed by atoms with Crippen molar-refractivity contribution in [2.45, 2.75) is 38.8 Å². The molecule has 1 aromatic rings. The topological polar surface area (TPSA) is 107 Å². The summed E-state index contributed by atoms with van der Waals surface area (Å²) >= 11 is 1.44. The summed E-state index contributed by atoms with van der Waals surface area (Å²) in [4.78, 5) is 63.8. The average molecular weight is 445 g/mol. The molecule has 0 aliphatic carbocycles. The molecule has 1 atom stereocenters. The van der Waals surface area contributed by atoms with Crippen LogP contribution in [0.2, 0.25) is 0 Å². The molecule has 164 valence electrons. The molecule has 0 aromatic heterocycles. The predicted molar refractivity (Wildman–Crippen MR) is 113 cm³/mol. The molecule has 1 unspecified atom stereocenters. The molecule has 0 saturated carbocycles. The van der Waals surface area contributed by atoms with Gasteiger partial charge in [0, 0.05) is 0 Å². The van der Waals surface area contributed by atoms with E-state index in [4.69, 9.17) is 9.47 Å². The van der Waals surface area contributed by atoms with E-state index in [1.807, 2.05) is 6.26 Å². The lowest BCUT2D eigenvalue weighted by Gasteiger charge is -2.24. The first kappa shape index (κ1) is 22.7. The highest BCUT2D eigenvalue weighted by Crippen LogP contribution is 2.32. The minimum absolute atomic E-state index is 0.140. The molecule has 8 nitrogen and oxygen atoms in total. The fourth-order valence-electron chi connectivity index (χ4n) is 3.51. The normalized spacial score (nSPS) is 18.2. The number of benzene rings is 1. The second-order valence-electron chi connectivity index (χ2n) is 7.75. The van der Waals surface area contributed by atoms with Crippen LogP contribution in [0.4, 0.5) is 0 Å². The number of rotatable bonds is 8. The van der Waals surface area contributed by atoms with Gasteiger partial charge in [0.05, 0.1) is 11.1 Å². The van der Waals surface area contributed by atoms with E-state index in [0.717, 1.165) is 4.90 Å². The van der Waals surface area contributed by atoms with Crippen LogP contribution in [0.5, 0.6) is 0 Å². The molecule has 0 spiro atoms. The highest BCUT2D eigenvalue weighted by Gasteiger charge is 2.44. The molecular weight excluding hydrogens is 422 g/mol. The van der Waals surface area contributed by atoms with Crippen molar-refractivity contribution in [3.63, 3.8) is 0 Å². The molecule has 0 saturated heterocycles. The molecule has 0 radical (unpaired) electrons. The molecular formula is C22H23NO7S. The lowest BCUT2D eigenvalue weighted by atomic mass is 9.96. The number of hydrogen-bond donors (Lipinski definition) is 0. The Kier molecular flexibility index (Phi) is 6.35. The maximum absolute atomic E-state index is 12.8. The van der Waals surface area contributed by atoms with E-state index in [1.165, 1.54) is 23.9 Å². The van der Waals surface area contributed by atoms with Crippen LogP contribution in [0, 0.1) is 0 Å². The van der Waals surface area contributed by atoms with Crippen molar-refractivity contribution in [1.29, 1.82) is 0 Å². The number of amides is 2. The van der Waals surface area contributed by atoms with Gasteiger partial charge in [-0.1, -0.05) is 12.1 Å². The van der Waals surface area contributed by atoms with Crippen LogP contribution in [0.15, 0.2) is 35.4 Å². The molecule has 1 aromatic carbocycles. The van der Waals surface area contributed by atoms with Gasteiger partial charge in [-0.2, -0.15) is 11.8 Å². The Labute approximate surface area is 183 Å². The standard InChI is InChI=1S/C22H23NO7S/c1-12-17(21(28)30-22(12,2)3)16(24)11-29-20(27)15(9-10-31-4)23-18(25)13-7-5-6-8-14(13)19(23)26/h5-8,15H,9-11H2,1-4H3. The van der Waals surface area contributed by atoms with Gasteiger partial charge in [0.25, 0.3) is 11.8 Å². The number of fused-ring (bicyclic) bond motifs is 1. The number of carbonyl (C=O) groups is 5. The number of cyclic esters (lactones) is 1. The number of esters is 2. The average Bonchev–Trinajstić information content (AvgIpc) is 3.09. The van der Waals surface area contributed by atoms with Crippen molar-refractivity contribution >= 4 is 41.3 Å². The van der Waals surface area contributed by atoms with Crippen LogP contribution >= 0.6 is 11.8 Å². The summed E-state index contributed by atoms with van der Waals surface area (Å²) in [5, 5.41) is 0. The summed E-state index contributed by atoms with van der Waals surface area (Å²) in [6, 6.07) is 5.16. The number of hydrogen-bond acceptors (Lipinski definition) is 8. The number of thioether (sulfide) groups is 1. The van der Waals surface area contributed by atoms with Gasteiger partial charge < -0.3 is 9.47 Å². The summed E-state index contributed by atoms with van der Waals surface area (Å²) in [5.74, 6) is -2.98. The van der Waals surface area contributed by atoms with E-state index < -0.39 is 47.8 Å². The predicted octanol–water partition coefficient (Wildman–Crippen LogP) is 2.17. The molecule has 2 aliphatic heterocycles. The van der Waals surface area contributed by atoms with Crippen molar-refractivity contribution in [1.82, 2.24) is 4.90 Å². The number of Topliss-reactive ketones (excluding diaryl/α,β-unsaturated/α-hetero) is 1. The van der Waals surface area contributed by atoms with Gasteiger partial charge in [0.2, 0.25) is 5.78 Å². The van der Waals surface area contributed by atoms with Crippen molar-refractivity contribution in [3.05, 3.63) is 46.5 Å². The minimum Gasteiger partial charge on any atom is -0.456 e. The van der Waals surface area contributed by atoms with E-state index >= 15 is 0 Å². The number of ketones is 1. The van der Waals surface area contributed by atoms with Crippen LogP contribution in [0.25, 0.3) is 0 Å². The lowest BCUT2D eigenvalue weighted by molar-refractivity contribution is -0.152. The fraction of sp³-hybridized carbons (Fsp3) is 0.409. The third-order valence-electron chi connectivity index (χ3n) is 5.46. The Morgan fingerprint density at radius 1 is 1.13 bits per heavy atom. The second-order valence-corrected chi connectivity index (χ2v) is 8.74. The van der Waals surface area contributed by atoms with Crippen molar-refractivity contribution in [2.24, 2.45) is 0 Å². The van der Waals surface area contributed by atoms with Crippen molar-refractivity contribution < 1.29 is 33.4 Å².